The van der Waals surface area contributed by atoms with E-state index >= 15 is 0 Å². The first kappa shape index (κ1) is 23.1. The number of hydrogen-bond donors (Lipinski definition) is 0. The van der Waals surface area contributed by atoms with Gasteiger partial charge < -0.3 is 19.6 Å². The van der Waals surface area contributed by atoms with Crippen molar-refractivity contribution in [1.29, 1.82) is 0 Å². The number of fused-ring (bicyclic) bond motifs is 6. The summed E-state index contributed by atoms with van der Waals surface area (Å²) < 4.78 is 0. The summed E-state index contributed by atoms with van der Waals surface area (Å²) in [6.07, 6.45) is 0. The molecule has 41 heavy (non-hydrogen) atoms. The zero-order valence-corrected chi connectivity index (χ0v) is 23.8. The van der Waals surface area contributed by atoms with E-state index in [1.54, 1.807) is 0 Å². The highest BCUT2D eigenvalue weighted by Crippen LogP contribution is 2.61. The molecule has 0 fully saturated rings. The summed E-state index contributed by atoms with van der Waals surface area (Å²) in [4.78, 5) is 10.3. The maximum absolute atomic E-state index is 2.61. The molecule has 0 aliphatic carbocycles. The molecule has 5 aromatic rings. The molecule has 0 N–H and O–H groups in total. The summed E-state index contributed by atoms with van der Waals surface area (Å²) in [6.45, 7) is 9.62. The molecule has 0 amide bonds. The molecule has 5 heteroatoms. The maximum Gasteiger partial charge on any atom is 0.252 e. The van der Waals surface area contributed by atoms with Crippen LogP contribution in [0.3, 0.4) is 0 Å². The minimum Gasteiger partial charge on any atom is -0.317 e. The second kappa shape index (κ2) is 7.55. The van der Waals surface area contributed by atoms with Crippen molar-refractivity contribution >= 4 is 68.6 Å². The molecule has 198 valence electrons. The van der Waals surface area contributed by atoms with Crippen LogP contribution in [-0.2, 0) is 0 Å². The molecule has 0 atom stereocenters. The molecule has 0 spiro atoms. The monoisotopic (exact) mass is 530 g/mol. The lowest BCUT2D eigenvalue weighted by Crippen LogP contribution is -2.65. The largest absolute Gasteiger partial charge is 0.317 e. The molecular formula is C36H31BN4. The van der Waals surface area contributed by atoms with Crippen LogP contribution in [0.1, 0.15) is 27.7 Å². The van der Waals surface area contributed by atoms with Gasteiger partial charge in [0.15, 0.2) is 0 Å². The van der Waals surface area contributed by atoms with Gasteiger partial charge in [0.05, 0.1) is 22.7 Å². The highest BCUT2D eigenvalue weighted by atomic mass is 15.5. The third kappa shape index (κ3) is 2.67. The van der Waals surface area contributed by atoms with Crippen molar-refractivity contribution in [3.05, 3.63) is 115 Å². The Morgan fingerprint density at radius 2 is 0.829 bits per heavy atom. The maximum atomic E-state index is 2.61. The molecule has 0 unspecified atom stereocenters. The zero-order valence-electron chi connectivity index (χ0n) is 23.8. The standard InChI is InChI=1S/C36H31BN4/c1-35(2)38(24-15-7-5-8-16-24)30-23-31-34-32-33(30)40(35)28-21-13-11-19-26(28)37(32)27-20-12-14-22-29(27)41(34)36(3,4)39(31)25-17-9-6-10-18-25/h5-23H,1-4H3. The molecule has 9 rings (SSSR count). The van der Waals surface area contributed by atoms with Gasteiger partial charge in [-0.15, -0.1) is 0 Å². The van der Waals surface area contributed by atoms with Crippen LogP contribution >= 0.6 is 0 Å². The summed E-state index contributed by atoms with van der Waals surface area (Å²) in [5, 5.41) is 0. The third-order valence-corrected chi connectivity index (χ3v) is 9.68. The number of rotatable bonds is 2. The van der Waals surface area contributed by atoms with Gasteiger partial charge in [0.2, 0.25) is 0 Å². The fourth-order valence-electron chi connectivity index (χ4n) is 8.32. The second-order valence-electron chi connectivity index (χ2n) is 12.6. The number of nitrogens with zero attached hydrogens (tertiary/aromatic N) is 4. The first-order chi connectivity index (χ1) is 19.9. The Hall–Kier alpha value is -4.64. The van der Waals surface area contributed by atoms with Crippen molar-refractivity contribution in [2.75, 3.05) is 19.6 Å². The van der Waals surface area contributed by atoms with Crippen molar-refractivity contribution in [1.82, 2.24) is 0 Å². The van der Waals surface area contributed by atoms with Gasteiger partial charge in [0.25, 0.3) is 6.71 Å². The highest BCUT2D eigenvalue weighted by Gasteiger charge is 2.58. The Morgan fingerprint density at radius 3 is 1.27 bits per heavy atom. The zero-order chi connectivity index (χ0) is 27.7. The van der Waals surface area contributed by atoms with E-state index in [2.05, 4.69) is 163 Å². The smallest absolute Gasteiger partial charge is 0.252 e. The van der Waals surface area contributed by atoms with Crippen LogP contribution in [-0.4, -0.2) is 18.0 Å². The van der Waals surface area contributed by atoms with Crippen LogP contribution < -0.4 is 36.0 Å². The summed E-state index contributed by atoms with van der Waals surface area (Å²) in [6, 6.07) is 42.4. The van der Waals surface area contributed by atoms with Crippen LogP contribution in [0.2, 0.25) is 0 Å². The third-order valence-electron chi connectivity index (χ3n) is 9.68. The van der Waals surface area contributed by atoms with Gasteiger partial charge in [-0.05, 0) is 86.5 Å². The topological polar surface area (TPSA) is 13.0 Å². The normalized spacial score (nSPS) is 17.9. The number of para-hydroxylation sites is 4. The molecular weight excluding hydrogens is 499 g/mol. The van der Waals surface area contributed by atoms with Gasteiger partial charge in [0.1, 0.15) is 11.3 Å². The van der Waals surface area contributed by atoms with Gasteiger partial charge in [-0.3, -0.25) is 0 Å². The van der Waals surface area contributed by atoms with Crippen molar-refractivity contribution < 1.29 is 0 Å². The molecule has 4 aliphatic rings. The molecule has 0 radical (unpaired) electrons. The fourth-order valence-corrected chi connectivity index (χ4v) is 8.32. The summed E-state index contributed by atoms with van der Waals surface area (Å²) in [5.41, 5.74) is 13.8. The first-order valence-electron chi connectivity index (χ1n) is 14.6. The average molecular weight is 530 g/mol. The van der Waals surface area contributed by atoms with Gasteiger partial charge >= 0.3 is 0 Å². The van der Waals surface area contributed by atoms with Gasteiger partial charge in [-0.1, -0.05) is 72.8 Å². The summed E-state index contributed by atoms with van der Waals surface area (Å²) in [5.74, 6) is 0. The lowest BCUT2D eigenvalue weighted by molar-refractivity contribution is 0.537. The van der Waals surface area contributed by atoms with Crippen molar-refractivity contribution in [3.8, 4) is 0 Å². The average Bonchev–Trinajstić information content (AvgIpc) is 3.38. The minimum atomic E-state index is -0.314. The van der Waals surface area contributed by atoms with Crippen LogP contribution in [0, 0.1) is 0 Å². The van der Waals surface area contributed by atoms with E-state index < -0.39 is 0 Å². The predicted molar refractivity (Wildman–Crippen MR) is 174 cm³/mol. The molecule has 0 saturated carbocycles. The minimum absolute atomic E-state index is 0.164. The van der Waals surface area contributed by atoms with Crippen LogP contribution in [0.4, 0.5) is 45.5 Å². The lowest BCUT2D eigenvalue weighted by atomic mass is 9.33. The van der Waals surface area contributed by atoms with Crippen LogP contribution in [0.25, 0.3) is 0 Å². The molecule has 0 saturated heterocycles. The molecule has 0 aromatic heterocycles. The molecule has 4 heterocycles. The lowest BCUT2D eigenvalue weighted by Gasteiger charge is -2.47. The molecule has 0 bridgehead atoms. The number of hydrogen-bond acceptors (Lipinski definition) is 4. The SMILES string of the molecule is CC1(C)N(c2ccccc2)c2cc3c4c5c2N1c1ccccc1B5c1ccccc1N4C(C)(C)N3c1ccccc1. The van der Waals surface area contributed by atoms with E-state index in [1.807, 2.05) is 0 Å². The number of anilines is 8. The van der Waals surface area contributed by atoms with Crippen LogP contribution in [0.5, 0.6) is 0 Å². The Bertz CT molecular complexity index is 1750. The van der Waals surface area contributed by atoms with Gasteiger partial charge in [-0.2, -0.15) is 0 Å². The van der Waals surface area contributed by atoms with Crippen LogP contribution in [0.15, 0.2) is 115 Å². The van der Waals surface area contributed by atoms with E-state index in [0.717, 1.165) is 0 Å². The highest BCUT2D eigenvalue weighted by molar-refractivity contribution is 7.00. The first-order valence-corrected chi connectivity index (χ1v) is 14.6. The van der Waals surface area contributed by atoms with Crippen molar-refractivity contribution in [2.24, 2.45) is 0 Å². The molecule has 4 nitrogen and oxygen atoms in total. The Labute approximate surface area is 242 Å². The van der Waals surface area contributed by atoms with E-state index in [1.165, 1.54) is 61.9 Å². The summed E-state index contributed by atoms with van der Waals surface area (Å²) >= 11 is 0. The predicted octanol–water partition coefficient (Wildman–Crippen LogP) is 6.88. The molecule has 4 aliphatic heterocycles. The van der Waals surface area contributed by atoms with E-state index in [-0.39, 0.29) is 18.0 Å². The van der Waals surface area contributed by atoms with E-state index in [4.69, 9.17) is 0 Å². The van der Waals surface area contributed by atoms with Gasteiger partial charge in [-0.25, -0.2) is 0 Å². The summed E-state index contributed by atoms with van der Waals surface area (Å²) in [7, 11) is 0. The Balaban J connectivity index is 1.46. The molecule has 5 aromatic carbocycles. The van der Waals surface area contributed by atoms with E-state index in [9.17, 15) is 0 Å². The number of benzene rings is 5. The Morgan fingerprint density at radius 1 is 0.439 bits per heavy atom. The van der Waals surface area contributed by atoms with Crippen molar-refractivity contribution in [2.45, 2.75) is 39.0 Å². The Kier molecular flexibility index (Phi) is 4.26. The van der Waals surface area contributed by atoms with Gasteiger partial charge in [0, 0.05) is 22.7 Å². The van der Waals surface area contributed by atoms with Crippen molar-refractivity contribution in [3.63, 3.8) is 0 Å². The second-order valence-corrected chi connectivity index (χ2v) is 12.6. The van der Waals surface area contributed by atoms with E-state index in [0.29, 0.717) is 0 Å². The quantitative estimate of drug-likeness (QED) is 0.231. The fraction of sp³-hybridized carbons (Fsp3) is 0.167.